The summed E-state index contributed by atoms with van der Waals surface area (Å²) >= 11 is 0. The Morgan fingerprint density at radius 1 is 0.655 bits per heavy atom. The van der Waals surface area contributed by atoms with Gasteiger partial charge in [-0.15, -0.1) is 0 Å². The Kier molecular flexibility index (Phi) is 5.43. The van der Waals surface area contributed by atoms with E-state index in [-0.39, 0.29) is 11.7 Å². The normalized spacial score (nSPS) is 14.0. The van der Waals surface area contributed by atoms with Crippen LogP contribution in [0.15, 0.2) is 78.9 Å². The molecule has 1 aliphatic rings. The predicted molar refractivity (Wildman–Crippen MR) is 116 cm³/mol. The smallest absolute Gasteiger partial charge is 0.253 e. The number of anilines is 1. The van der Waals surface area contributed by atoms with Crippen LogP contribution in [-0.2, 0) is 0 Å². The molecule has 1 amide bonds. The molecule has 1 fully saturated rings. The molecule has 146 valence electrons. The lowest BCUT2D eigenvalue weighted by atomic mass is 10.0. The number of hydrogen-bond donors (Lipinski definition) is 0. The summed E-state index contributed by atoms with van der Waals surface area (Å²) in [6, 6.07) is 25.7. The zero-order chi connectivity index (χ0) is 20.2. The third-order valence-electron chi connectivity index (χ3n) is 5.44. The van der Waals surface area contributed by atoms with Gasteiger partial charge in [-0.25, -0.2) is 0 Å². The second kappa shape index (κ2) is 8.31. The molecule has 4 heteroatoms. The van der Waals surface area contributed by atoms with Gasteiger partial charge in [0.15, 0.2) is 5.78 Å². The third kappa shape index (κ3) is 4.21. The lowest BCUT2D eigenvalue weighted by Gasteiger charge is -2.36. The van der Waals surface area contributed by atoms with Gasteiger partial charge in [0, 0.05) is 43.0 Å². The van der Waals surface area contributed by atoms with Gasteiger partial charge < -0.3 is 9.80 Å². The largest absolute Gasteiger partial charge is 0.368 e. The molecular formula is C25H24N2O2. The minimum Gasteiger partial charge on any atom is -0.368 e. The third-order valence-corrected chi connectivity index (χ3v) is 5.44. The van der Waals surface area contributed by atoms with Crippen LogP contribution in [0.3, 0.4) is 0 Å². The maximum atomic E-state index is 12.9. The van der Waals surface area contributed by atoms with Crippen LogP contribution in [0.4, 0.5) is 5.69 Å². The average Bonchev–Trinajstić information content (AvgIpc) is 2.79. The molecule has 3 aromatic carbocycles. The van der Waals surface area contributed by atoms with E-state index in [4.69, 9.17) is 0 Å². The molecule has 0 aromatic heterocycles. The van der Waals surface area contributed by atoms with Crippen LogP contribution in [0, 0.1) is 0 Å². The number of benzene rings is 3. The highest BCUT2D eigenvalue weighted by atomic mass is 16.2. The Morgan fingerprint density at radius 3 is 1.79 bits per heavy atom. The van der Waals surface area contributed by atoms with E-state index in [9.17, 15) is 9.59 Å². The maximum Gasteiger partial charge on any atom is 0.253 e. The fourth-order valence-electron chi connectivity index (χ4n) is 3.69. The molecule has 1 aliphatic heterocycles. The van der Waals surface area contributed by atoms with Crippen LogP contribution in [0.2, 0.25) is 0 Å². The Balaban J connectivity index is 1.38. The van der Waals surface area contributed by atoms with Crippen molar-refractivity contribution in [3.8, 4) is 11.1 Å². The van der Waals surface area contributed by atoms with Crippen molar-refractivity contribution in [1.82, 2.24) is 4.90 Å². The van der Waals surface area contributed by atoms with Gasteiger partial charge in [0.05, 0.1) is 0 Å². The number of nitrogens with zero attached hydrogens (tertiary/aromatic N) is 2. The number of hydrogen-bond acceptors (Lipinski definition) is 3. The highest BCUT2D eigenvalue weighted by Crippen LogP contribution is 2.21. The highest BCUT2D eigenvalue weighted by molar-refractivity contribution is 5.95. The van der Waals surface area contributed by atoms with Crippen molar-refractivity contribution in [3.63, 3.8) is 0 Å². The van der Waals surface area contributed by atoms with E-state index in [1.165, 1.54) is 0 Å². The molecule has 4 rings (SSSR count). The van der Waals surface area contributed by atoms with Gasteiger partial charge in [0.1, 0.15) is 0 Å². The highest BCUT2D eigenvalue weighted by Gasteiger charge is 2.22. The number of piperazine rings is 1. The van der Waals surface area contributed by atoms with Crippen molar-refractivity contribution in [2.75, 3.05) is 31.1 Å². The number of amides is 1. The van der Waals surface area contributed by atoms with Gasteiger partial charge in [-0.3, -0.25) is 9.59 Å². The van der Waals surface area contributed by atoms with Crippen LogP contribution in [0.5, 0.6) is 0 Å². The maximum absolute atomic E-state index is 12.9. The van der Waals surface area contributed by atoms with E-state index in [1.807, 2.05) is 71.6 Å². The summed E-state index contributed by atoms with van der Waals surface area (Å²) in [5.74, 6) is 0.154. The lowest BCUT2D eigenvalue weighted by molar-refractivity contribution is 0.0746. The topological polar surface area (TPSA) is 40.6 Å². The molecule has 3 aromatic rings. The number of Topliss-reactive ketones (excluding diaryl/α,β-unsaturated/α-hetero) is 1. The minimum atomic E-state index is 0.0743. The van der Waals surface area contributed by atoms with E-state index in [0.717, 1.165) is 41.0 Å². The summed E-state index contributed by atoms with van der Waals surface area (Å²) in [6.07, 6.45) is 0. The molecule has 0 spiro atoms. The Labute approximate surface area is 171 Å². The van der Waals surface area contributed by atoms with Gasteiger partial charge in [-0.2, -0.15) is 0 Å². The summed E-state index contributed by atoms with van der Waals surface area (Å²) in [6.45, 7) is 4.52. The fraction of sp³-hybridized carbons (Fsp3) is 0.200. The van der Waals surface area contributed by atoms with Crippen LogP contribution in [0.1, 0.15) is 27.6 Å². The van der Waals surface area contributed by atoms with E-state index in [1.54, 1.807) is 6.92 Å². The van der Waals surface area contributed by atoms with Crippen LogP contribution < -0.4 is 4.90 Å². The molecule has 0 unspecified atom stereocenters. The van der Waals surface area contributed by atoms with E-state index in [0.29, 0.717) is 13.1 Å². The zero-order valence-electron chi connectivity index (χ0n) is 16.5. The van der Waals surface area contributed by atoms with Gasteiger partial charge in [0.2, 0.25) is 0 Å². The van der Waals surface area contributed by atoms with Gasteiger partial charge in [0.25, 0.3) is 5.91 Å². The molecule has 0 atom stereocenters. The van der Waals surface area contributed by atoms with Crippen molar-refractivity contribution >= 4 is 17.4 Å². The van der Waals surface area contributed by atoms with E-state index in [2.05, 4.69) is 17.0 Å². The lowest BCUT2D eigenvalue weighted by Crippen LogP contribution is -2.48. The van der Waals surface area contributed by atoms with Crippen LogP contribution >= 0.6 is 0 Å². The Morgan fingerprint density at radius 2 is 1.21 bits per heavy atom. The molecule has 0 saturated carbocycles. The van der Waals surface area contributed by atoms with Gasteiger partial charge in [-0.1, -0.05) is 42.5 Å². The standard InChI is InChI=1S/C25H24N2O2/c1-19(28)20-11-13-24(14-12-20)26-15-17-27(18-16-26)25(29)23-9-7-22(8-10-23)21-5-3-2-4-6-21/h2-14H,15-18H2,1H3. The summed E-state index contributed by atoms with van der Waals surface area (Å²) in [5.41, 5.74) is 4.80. The average molecular weight is 384 g/mol. The zero-order valence-corrected chi connectivity index (χ0v) is 16.5. The molecule has 0 radical (unpaired) electrons. The summed E-state index contributed by atoms with van der Waals surface area (Å²) in [7, 11) is 0. The van der Waals surface area contributed by atoms with Crippen LogP contribution in [-0.4, -0.2) is 42.8 Å². The molecule has 0 N–H and O–H groups in total. The monoisotopic (exact) mass is 384 g/mol. The van der Waals surface area contributed by atoms with Crippen molar-refractivity contribution < 1.29 is 9.59 Å². The molecule has 1 heterocycles. The molecule has 0 bridgehead atoms. The number of ketones is 1. The molecule has 1 saturated heterocycles. The molecule has 29 heavy (non-hydrogen) atoms. The van der Waals surface area contributed by atoms with Gasteiger partial charge >= 0.3 is 0 Å². The first-order chi connectivity index (χ1) is 14.1. The summed E-state index contributed by atoms with van der Waals surface area (Å²) in [5, 5.41) is 0. The second-order valence-corrected chi connectivity index (χ2v) is 7.33. The first kappa shape index (κ1) is 18.9. The van der Waals surface area contributed by atoms with Crippen molar-refractivity contribution in [3.05, 3.63) is 90.0 Å². The molecule has 4 nitrogen and oxygen atoms in total. The van der Waals surface area contributed by atoms with Gasteiger partial charge in [-0.05, 0) is 54.4 Å². The summed E-state index contributed by atoms with van der Waals surface area (Å²) < 4.78 is 0. The van der Waals surface area contributed by atoms with E-state index < -0.39 is 0 Å². The summed E-state index contributed by atoms with van der Waals surface area (Å²) in [4.78, 5) is 28.5. The molecule has 0 aliphatic carbocycles. The fourth-order valence-corrected chi connectivity index (χ4v) is 3.69. The predicted octanol–water partition coefficient (Wildman–Crippen LogP) is 4.52. The SMILES string of the molecule is CC(=O)c1ccc(N2CCN(C(=O)c3ccc(-c4ccccc4)cc3)CC2)cc1. The first-order valence-electron chi connectivity index (χ1n) is 9.92. The number of carbonyl (C=O) groups is 2. The van der Waals surface area contributed by atoms with Crippen molar-refractivity contribution in [2.24, 2.45) is 0 Å². The first-order valence-corrected chi connectivity index (χ1v) is 9.92. The number of rotatable bonds is 4. The second-order valence-electron chi connectivity index (χ2n) is 7.33. The van der Waals surface area contributed by atoms with Crippen LogP contribution in [0.25, 0.3) is 11.1 Å². The number of carbonyl (C=O) groups excluding carboxylic acids is 2. The Bertz CT molecular complexity index is 987. The van der Waals surface area contributed by atoms with Crippen molar-refractivity contribution in [1.29, 1.82) is 0 Å². The van der Waals surface area contributed by atoms with Crippen molar-refractivity contribution in [2.45, 2.75) is 6.92 Å². The minimum absolute atomic E-state index is 0.0743. The Hall–Kier alpha value is -3.40. The van der Waals surface area contributed by atoms with E-state index >= 15 is 0 Å². The molecular weight excluding hydrogens is 360 g/mol. The quantitative estimate of drug-likeness (QED) is 0.621.